The Morgan fingerprint density at radius 1 is 1.17 bits per heavy atom. The molecular formula is C14H13N3O. The number of hydrogen-bond acceptors (Lipinski definition) is 4. The summed E-state index contributed by atoms with van der Waals surface area (Å²) in [6.07, 6.45) is 0.826. The highest BCUT2D eigenvalue weighted by Gasteiger charge is 2.22. The van der Waals surface area contributed by atoms with Crippen molar-refractivity contribution in [2.75, 3.05) is 7.05 Å². The first-order valence-corrected chi connectivity index (χ1v) is 5.87. The molecule has 0 atom stereocenters. The minimum absolute atomic E-state index is 0.517. The van der Waals surface area contributed by atoms with Crippen LogP contribution in [0.5, 0.6) is 0 Å². The van der Waals surface area contributed by atoms with Crippen molar-refractivity contribution >= 4 is 6.29 Å². The van der Waals surface area contributed by atoms with Gasteiger partial charge in [0.25, 0.3) is 0 Å². The van der Waals surface area contributed by atoms with Crippen molar-refractivity contribution in [1.82, 2.24) is 14.9 Å². The molecule has 4 heteroatoms. The van der Waals surface area contributed by atoms with E-state index in [0.29, 0.717) is 11.5 Å². The van der Waals surface area contributed by atoms with E-state index in [9.17, 15) is 4.79 Å². The molecule has 0 unspecified atom stereocenters. The maximum absolute atomic E-state index is 11.1. The second-order valence-corrected chi connectivity index (χ2v) is 4.51. The molecule has 90 valence electrons. The molecule has 0 N–H and O–H groups in total. The summed E-state index contributed by atoms with van der Waals surface area (Å²) in [5.74, 6) is 0.631. The zero-order chi connectivity index (χ0) is 12.5. The molecule has 3 rings (SSSR count). The van der Waals surface area contributed by atoms with Crippen molar-refractivity contribution in [3.05, 3.63) is 47.3 Å². The second kappa shape index (κ2) is 4.31. The SMILES string of the molecule is CN1Cc2nc(-c3ccccc3)nc(C=O)c2C1. The number of hydrogen-bond donors (Lipinski definition) is 0. The monoisotopic (exact) mass is 239 g/mol. The predicted octanol–water partition coefficient (Wildman–Crippen LogP) is 1.90. The lowest BCUT2D eigenvalue weighted by molar-refractivity contribution is 0.111. The van der Waals surface area contributed by atoms with E-state index in [1.54, 1.807) is 0 Å². The molecule has 0 saturated heterocycles. The Balaban J connectivity index is 2.14. The van der Waals surface area contributed by atoms with Gasteiger partial charge in [0, 0.05) is 24.2 Å². The van der Waals surface area contributed by atoms with Crippen LogP contribution in [0.1, 0.15) is 21.7 Å². The maximum atomic E-state index is 11.1. The molecule has 4 nitrogen and oxygen atoms in total. The third-order valence-corrected chi connectivity index (χ3v) is 3.12. The van der Waals surface area contributed by atoms with Crippen molar-refractivity contribution < 1.29 is 4.79 Å². The number of carbonyl (C=O) groups excluding carboxylic acids is 1. The van der Waals surface area contributed by atoms with Gasteiger partial charge in [-0.2, -0.15) is 0 Å². The average Bonchev–Trinajstić information content (AvgIpc) is 2.78. The highest BCUT2D eigenvalue weighted by Crippen LogP contribution is 2.24. The van der Waals surface area contributed by atoms with Crippen molar-refractivity contribution in [2.45, 2.75) is 13.1 Å². The van der Waals surface area contributed by atoms with E-state index in [0.717, 1.165) is 36.2 Å². The van der Waals surface area contributed by atoms with Crippen molar-refractivity contribution in [2.24, 2.45) is 0 Å². The summed E-state index contributed by atoms with van der Waals surface area (Å²) >= 11 is 0. The Bertz CT molecular complexity index is 595. The molecule has 1 aliphatic heterocycles. The molecular weight excluding hydrogens is 226 g/mol. The molecule has 0 fully saturated rings. The smallest absolute Gasteiger partial charge is 0.168 e. The van der Waals surface area contributed by atoms with Gasteiger partial charge in [-0.15, -0.1) is 0 Å². The van der Waals surface area contributed by atoms with Gasteiger partial charge in [0.2, 0.25) is 0 Å². The molecule has 0 bridgehead atoms. The summed E-state index contributed by atoms with van der Waals surface area (Å²) in [4.78, 5) is 22.2. The van der Waals surface area contributed by atoms with Gasteiger partial charge in [0.1, 0.15) is 5.69 Å². The van der Waals surface area contributed by atoms with Gasteiger partial charge >= 0.3 is 0 Å². The summed E-state index contributed by atoms with van der Waals surface area (Å²) < 4.78 is 0. The van der Waals surface area contributed by atoms with Crippen LogP contribution in [-0.4, -0.2) is 28.2 Å². The molecule has 0 amide bonds. The zero-order valence-electron chi connectivity index (χ0n) is 10.1. The summed E-state index contributed by atoms with van der Waals surface area (Å²) in [5, 5.41) is 0. The maximum Gasteiger partial charge on any atom is 0.168 e. The van der Waals surface area contributed by atoms with Crippen LogP contribution in [0.3, 0.4) is 0 Å². The van der Waals surface area contributed by atoms with Crippen molar-refractivity contribution in [1.29, 1.82) is 0 Å². The van der Waals surface area contributed by atoms with Crippen LogP contribution in [-0.2, 0) is 13.1 Å². The lowest BCUT2D eigenvalue weighted by atomic mass is 10.1. The summed E-state index contributed by atoms with van der Waals surface area (Å²) in [7, 11) is 2.01. The standard InChI is InChI=1S/C14H13N3O/c1-17-7-11-12(8-17)15-14(16-13(11)9-18)10-5-3-2-4-6-10/h2-6,9H,7-8H2,1H3. The highest BCUT2D eigenvalue weighted by atomic mass is 16.1. The molecule has 1 aliphatic rings. The Morgan fingerprint density at radius 3 is 2.67 bits per heavy atom. The minimum Gasteiger partial charge on any atom is -0.296 e. The van der Waals surface area contributed by atoms with Gasteiger partial charge in [-0.3, -0.25) is 9.69 Å². The molecule has 1 aromatic heterocycles. The van der Waals surface area contributed by atoms with Crippen LogP contribution in [0.2, 0.25) is 0 Å². The van der Waals surface area contributed by atoms with Crippen LogP contribution in [0.25, 0.3) is 11.4 Å². The Labute approximate surface area is 105 Å². The quantitative estimate of drug-likeness (QED) is 0.751. The third kappa shape index (κ3) is 1.80. The third-order valence-electron chi connectivity index (χ3n) is 3.12. The first-order valence-electron chi connectivity index (χ1n) is 5.87. The lowest BCUT2D eigenvalue weighted by Crippen LogP contribution is -2.08. The number of benzene rings is 1. The van der Waals surface area contributed by atoms with Crippen LogP contribution in [0.15, 0.2) is 30.3 Å². The topological polar surface area (TPSA) is 46.1 Å². The fraction of sp³-hybridized carbons (Fsp3) is 0.214. The molecule has 2 heterocycles. The van der Waals surface area contributed by atoms with Crippen molar-refractivity contribution in [3.8, 4) is 11.4 Å². The Morgan fingerprint density at radius 2 is 1.94 bits per heavy atom. The number of nitrogens with zero attached hydrogens (tertiary/aromatic N) is 3. The molecule has 0 radical (unpaired) electrons. The molecule has 0 aliphatic carbocycles. The number of aromatic nitrogens is 2. The predicted molar refractivity (Wildman–Crippen MR) is 68.0 cm³/mol. The van der Waals surface area contributed by atoms with E-state index in [2.05, 4.69) is 14.9 Å². The summed E-state index contributed by atoms with van der Waals surface area (Å²) in [6, 6.07) is 9.74. The molecule has 0 spiro atoms. The lowest BCUT2D eigenvalue weighted by Gasteiger charge is -2.05. The molecule has 0 saturated carbocycles. The van der Waals surface area contributed by atoms with Gasteiger partial charge < -0.3 is 0 Å². The van der Waals surface area contributed by atoms with Gasteiger partial charge in [0.15, 0.2) is 12.1 Å². The van der Waals surface area contributed by atoms with Crippen LogP contribution < -0.4 is 0 Å². The van der Waals surface area contributed by atoms with Crippen LogP contribution >= 0.6 is 0 Å². The van der Waals surface area contributed by atoms with E-state index in [-0.39, 0.29) is 0 Å². The first-order chi connectivity index (χ1) is 8.78. The zero-order valence-corrected chi connectivity index (χ0v) is 10.1. The average molecular weight is 239 g/mol. The number of rotatable bonds is 2. The van der Waals surface area contributed by atoms with E-state index < -0.39 is 0 Å². The first kappa shape index (κ1) is 11.0. The molecule has 2 aromatic rings. The Kier molecular flexibility index (Phi) is 2.64. The van der Waals surface area contributed by atoms with Crippen LogP contribution in [0.4, 0.5) is 0 Å². The number of fused-ring (bicyclic) bond motifs is 1. The molecule has 1 aromatic carbocycles. The van der Waals surface area contributed by atoms with Gasteiger partial charge in [-0.05, 0) is 7.05 Å². The Hall–Kier alpha value is -2.07. The highest BCUT2D eigenvalue weighted by molar-refractivity contribution is 5.76. The molecule has 18 heavy (non-hydrogen) atoms. The van der Waals surface area contributed by atoms with Gasteiger partial charge in [-0.1, -0.05) is 30.3 Å². The van der Waals surface area contributed by atoms with E-state index in [4.69, 9.17) is 0 Å². The summed E-state index contributed by atoms with van der Waals surface area (Å²) in [6.45, 7) is 1.52. The normalized spacial score (nSPS) is 14.5. The van der Waals surface area contributed by atoms with E-state index in [1.807, 2.05) is 37.4 Å². The van der Waals surface area contributed by atoms with Gasteiger partial charge in [-0.25, -0.2) is 9.97 Å². The summed E-state index contributed by atoms with van der Waals surface area (Å²) in [5.41, 5.74) is 3.39. The minimum atomic E-state index is 0.517. The van der Waals surface area contributed by atoms with Gasteiger partial charge in [0.05, 0.1) is 5.69 Å². The number of aldehydes is 1. The second-order valence-electron chi connectivity index (χ2n) is 4.51. The van der Waals surface area contributed by atoms with E-state index in [1.165, 1.54) is 0 Å². The number of carbonyl (C=O) groups is 1. The fourth-order valence-corrected chi connectivity index (χ4v) is 2.25. The largest absolute Gasteiger partial charge is 0.296 e. The van der Waals surface area contributed by atoms with Crippen molar-refractivity contribution in [3.63, 3.8) is 0 Å². The van der Waals surface area contributed by atoms with E-state index >= 15 is 0 Å². The fourth-order valence-electron chi connectivity index (χ4n) is 2.25. The van der Waals surface area contributed by atoms with Crippen LogP contribution in [0, 0.1) is 0 Å².